The van der Waals surface area contributed by atoms with E-state index in [0.29, 0.717) is 12.8 Å². The molecule has 0 N–H and O–H groups in total. The zero-order valence-corrected chi connectivity index (χ0v) is 11.2. The number of Topliss-reactive ketones (excluding diaryl/α,β-unsaturated/α-hetero) is 1. The third kappa shape index (κ3) is 2.38. The van der Waals surface area contributed by atoms with Gasteiger partial charge in [0, 0.05) is 7.11 Å². The first-order valence-electron chi connectivity index (χ1n) is 5.98. The lowest BCUT2D eigenvalue weighted by atomic mass is 9.87. The number of hydrogen-bond donors (Lipinski definition) is 0. The number of carbonyl (C=O) groups is 1. The summed E-state index contributed by atoms with van der Waals surface area (Å²) in [6.45, 7) is 3.70. The van der Waals surface area contributed by atoms with Crippen molar-refractivity contribution in [2.24, 2.45) is 0 Å². The van der Waals surface area contributed by atoms with Crippen molar-refractivity contribution in [2.75, 3.05) is 14.2 Å². The van der Waals surface area contributed by atoms with Gasteiger partial charge in [-0.2, -0.15) is 0 Å². The Morgan fingerprint density at radius 3 is 2.33 bits per heavy atom. The number of carbonyl (C=O) groups excluding carboxylic acids is 1. The molecule has 0 bridgehead atoms. The summed E-state index contributed by atoms with van der Waals surface area (Å²) < 4.78 is 24.3. The van der Waals surface area contributed by atoms with Crippen LogP contribution in [0.5, 0.6) is 5.75 Å². The zero-order valence-electron chi connectivity index (χ0n) is 11.2. The van der Waals surface area contributed by atoms with Crippen LogP contribution in [0.15, 0.2) is 18.2 Å². The van der Waals surface area contributed by atoms with E-state index in [1.807, 2.05) is 13.8 Å². The van der Waals surface area contributed by atoms with Gasteiger partial charge < -0.3 is 9.47 Å². The molecule has 0 aliphatic heterocycles. The van der Waals surface area contributed by atoms with E-state index in [9.17, 15) is 9.18 Å². The van der Waals surface area contributed by atoms with E-state index in [1.165, 1.54) is 26.4 Å². The minimum absolute atomic E-state index is 0.0138. The van der Waals surface area contributed by atoms with Gasteiger partial charge in [-0.15, -0.1) is 0 Å². The first-order chi connectivity index (χ1) is 8.56. The van der Waals surface area contributed by atoms with Crippen LogP contribution in [-0.4, -0.2) is 25.6 Å². The number of methoxy groups -OCH3 is 2. The van der Waals surface area contributed by atoms with Gasteiger partial charge in [0.2, 0.25) is 0 Å². The van der Waals surface area contributed by atoms with Crippen LogP contribution in [0.4, 0.5) is 4.39 Å². The van der Waals surface area contributed by atoms with Gasteiger partial charge in [0.25, 0.3) is 0 Å². The van der Waals surface area contributed by atoms with Gasteiger partial charge in [-0.1, -0.05) is 19.9 Å². The van der Waals surface area contributed by atoms with Gasteiger partial charge in [0.1, 0.15) is 5.60 Å². The largest absolute Gasteiger partial charge is 0.494 e. The lowest BCUT2D eigenvalue weighted by Crippen LogP contribution is -2.40. The van der Waals surface area contributed by atoms with Crippen molar-refractivity contribution < 1.29 is 18.7 Å². The second kappa shape index (κ2) is 5.96. The van der Waals surface area contributed by atoms with Crippen LogP contribution in [0.3, 0.4) is 0 Å². The Labute approximate surface area is 107 Å². The van der Waals surface area contributed by atoms with Crippen LogP contribution >= 0.6 is 0 Å². The molecule has 0 fully saturated rings. The number of ether oxygens (including phenoxy) is 2. The molecule has 0 amide bonds. The van der Waals surface area contributed by atoms with Crippen LogP contribution in [-0.2, 0) is 4.74 Å². The summed E-state index contributed by atoms with van der Waals surface area (Å²) in [6, 6.07) is 4.54. The van der Waals surface area contributed by atoms with E-state index >= 15 is 0 Å². The van der Waals surface area contributed by atoms with Crippen molar-refractivity contribution >= 4 is 5.78 Å². The Balaban J connectivity index is 3.25. The quantitative estimate of drug-likeness (QED) is 0.731. The minimum atomic E-state index is -0.965. The molecule has 0 saturated heterocycles. The molecule has 4 heteroatoms. The standard InChI is InChI=1S/C14H19FO3/c1-5-14(6-2,18-4)13(16)10-8-7-9-11(17-3)12(10)15/h7-9H,5-6H2,1-4H3. The van der Waals surface area contributed by atoms with E-state index in [2.05, 4.69) is 0 Å². The highest BCUT2D eigenvalue weighted by Crippen LogP contribution is 2.29. The van der Waals surface area contributed by atoms with Crippen LogP contribution in [0, 0.1) is 5.82 Å². The summed E-state index contributed by atoms with van der Waals surface area (Å²) in [6.07, 6.45) is 0.991. The number of ketones is 1. The Bertz CT molecular complexity index is 417. The van der Waals surface area contributed by atoms with E-state index in [1.54, 1.807) is 6.07 Å². The Kier molecular flexibility index (Phi) is 4.84. The number of benzene rings is 1. The molecule has 1 rings (SSSR count). The molecule has 0 atom stereocenters. The summed E-state index contributed by atoms with van der Waals surface area (Å²) in [7, 11) is 2.85. The van der Waals surface area contributed by atoms with Gasteiger partial charge in [-0.25, -0.2) is 4.39 Å². The smallest absolute Gasteiger partial charge is 0.197 e. The predicted octanol–water partition coefficient (Wildman–Crippen LogP) is 3.22. The predicted molar refractivity (Wildman–Crippen MR) is 67.6 cm³/mol. The monoisotopic (exact) mass is 254 g/mol. The number of hydrogen-bond acceptors (Lipinski definition) is 3. The second-order valence-corrected chi connectivity index (χ2v) is 4.06. The molecule has 0 heterocycles. The summed E-state index contributed by atoms with van der Waals surface area (Å²) in [5.74, 6) is -0.905. The molecule has 0 radical (unpaired) electrons. The maximum atomic E-state index is 14.1. The average Bonchev–Trinajstić information content (AvgIpc) is 2.41. The fourth-order valence-corrected chi connectivity index (χ4v) is 2.04. The van der Waals surface area contributed by atoms with E-state index in [4.69, 9.17) is 9.47 Å². The lowest BCUT2D eigenvalue weighted by molar-refractivity contribution is -0.00296. The topological polar surface area (TPSA) is 35.5 Å². The maximum absolute atomic E-state index is 14.1. The molecule has 0 aliphatic rings. The van der Waals surface area contributed by atoms with Crippen LogP contribution in [0.25, 0.3) is 0 Å². The minimum Gasteiger partial charge on any atom is -0.494 e. The molecule has 18 heavy (non-hydrogen) atoms. The van der Waals surface area contributed by atoms with Gasteiger partial charge in [0.05, 0.1) is 12.7 Å². The fourth-order valence-electron chi connectivity index (χ4n) is 2.04. The van der Waals surface area contributed by atoms with Crippen molar-refractivity contribution in [2.45, 2.75) is 32.3 Å². The molecule has 0 saturated carbocycles. The van der Waals surface area contributed by atoms with Crippen molar-refractivity contribution in [3.05, 3.63) is 29.6 Å². The van der Waals surface area contributed by atoms with Crippen molar-refractivity contribution in [3.8, 4) is 5.75 Å². The molecular weight excluding hydrogens is 235 g/mol. The van der Waals surface area contributed by atoms with Crippen LogP contribution in [0.2, 0.25) is 0 Å². The highest BCUT2D eigenvalue weighted by Gasteiger charge is 2.37. The van der Waals surface area contributed by atoms with Crippen molar-refractivity contribution in [1.29, 1.82) is 0 Å². The van der Waals surface area contributed by atoms with Gasteiger partial charge in [-0.3, -0.25) is 4.79 Å². The Morgan fingerprint density at radius 1 is 1.28 bits per heavy atom. The summed E-state index contributed by atoms with van der Waals surface area (Å²) in [4.78, 5) is 12.4. The molecule has 100 valence electrons. The normalized spacial score (nSPS) is 11.4. The van der Waals surface area contributed by atoms with Crippen molar-refractivity contribution in [1.82, 2.24) is 0 Å². The average molecular weight is 254 g/mol. The third-order valence-electron chi connectivity index (χ3n) is 3.37. The van der Waals surface area contributed by atoms with Gasteiger partial charge in [0.15, 0.2) is 17.3 Å². The number of rotatable bonds is 6. The van der Waals surface area contributed by atoms with E-state index in [-0.39, 0.29) is 17.1 Å². The molecule has 1 aromatic carbocycles. The first kappa shape index (κ1) is 14.6. The Hall–Kier alpha value is -1.42. The lowest BCUT2D eigenvalue weighted by Gasteiger charge is -2.28. The molecule has 0 spiro atoms. The van der Waals surface area contributed by atoms with Gasteiger partial charge >= 0.3 is 0 Å². The molecule has 0 unspecified atom stereocenters. The SMILES string of the molecule is CCC(CC)(OC)C(=O)c1cccc(OC)c1F. The highest BCUT2D eigenvalue weighted by molar-refractivity contribution is 6.03. The van der Waals surface area contributed by atoms with Crippen molar-refractivity contribution in [3.63, 3.8) is 0 Å². The second-order valence-electron chi connectivity index (χ2n) is 4.06. The third-order valence-corrected chi connectivity index (χ3v) is 3.37. The fraction of sp³-hybridized carbons (Fsp3) is 0.500. The van der Waals surface area contributed by atoms with E-state index < -0.39 is 11.4 Å². The first-order valence-corrected chi connectivity index (χ1v) is 5.98. The number of halogens is 1. The summed E-state index contributed by atoms with van der Waals surface area (Å²) in [5.41, 5.74) is -0.951. The summed E-state index contributed by atoms with van der Waals surface area (Å²) in [5, 5.41) is 0. The van der Waals surface area contributed by atoms with Gasteiger partial charge in [-0.05, 0) is 25.0 Å². The molecule has 1 aromatic rings. The van der Waals surface area contributed by atoms with Crippen LogP contribution in [0.1, 0.15) is 37.0 Å². The van der Waals surface area contributed by atoms with Crippen LogP contribution < -0.4 is 4.74 Å². The molecule has 3 nitrogen and oxygen atoms in total. The highest BCUT2D eigenvalue weighted by atomic mass is 19.1. The molecule has 0 aliphatic carbocycles. The maximum Gasteiger partial charge on any atom is 0.197 e. The summed E-state index contributed by atoms with van der Waals surface area (Å²) >= 11 is 0. The zero-order chi connectivity index (χ0) is 13.8. The molecule has 0 aromatic heterocycles. The Morgan fingerprint density at radius 2 is 1.89 bits per heavy atom. The van der Waals surface area contributed by atoms with E-state index in [0.717, 1.165) is 0 Å². The molecular formula is C14H19FO3.